The summed E-state index contributed by atoms with van der Waals surface area (Å²) < 4.78 is 22.5. The second-order valence-electron chi connectivity index (χ2n) is 3.32. The van der Waals surface area contributed by atoms with Gasteiger partial charge in [0.25, 0.3) is 0 Å². The van der Waals surface area contributed by atoms with Gasteiger partial charge in [-0.05, 0) is 7.05 Å². The third-order valence-electron chi connectivity index (χ3n) is 2.07. The van der Waals surface area contributed by atoms with Gasteiger partial charge >= 0.3 is 0 Å². The van der Waals surface area contributed by atoms with E-state index in [4.69, 9.17) is 0 Å². The first-order chi connectivity index (χ1) is 6.61. The van der Waals surface area contributed by atoms with Crippen LogP contribution in [0.2, 0.25) is 0 Å². The molecule has 1 N–H and O–H groups in total. The van der Waals surface area contributed by atoms with Crippen molar-refractivity contribution in [1.29, 1.82) is 0 Å². The molecule has 76 valence electrons. The number of fused-ring (bicyclic) bond motifs is 1. The van der Waals surface area contributed by atoms with Crippen LogP contribution in [0.25, 0.3) is 0 Å². The van der Waals surface area contributed by atoms with Crippen LogP contribution in [0.1, 0.15) is 17.1 Å². The lowest BCUT2D eigenvalue weighted by Gasteiger charge is -2.00. The van der Waals surface area contributed by atoms with Gasteiger partial charge in [0, 0.05) is 11.8 Å². The molecule has 0 radical (unpaired) electrons. The van der Waals surface area contributed by atoms with Gasteiger partial charge in [0.05, 0.1) is 23.7 Å². The third-order valence-corrected chi connectivity index (χ3v) is 3.54. The van der Waals surface area contributed by atoms with Gasteiger partial charge in [-0.3, -0.25) is 0 Å². The van der Waals surface area contributed by atoms with Crippen LogP contribution in [-0.2, 0) is 27.9 Å². The fourth-order valence-corrected chi connectivity index (χ4v) is 2.95. The molecule has 1 aromatic heterocycles. The van der Waals surface area contributed by atoms with Crippen LogP contribution < -0.4 is 5.32 Å². The van der Waals surface area contributed by atoms with Gasteiger partial charge in [0.15, 0.2) is 9.84 Å². The van der Waals surface area contributed by atoms with E-state index in [-0.39, 0.29) is 11.5 Å². The number of sulfone groups is 1. The Hall–Kier alpha value is -1.01. The average molecular weight is 213 g/mol. The molecule has 0 bridgehead atoms. The Morgan fingerprint density at radius 1 is 1.50 bits per heavy atom. The van der Waals surface area contributed by atoms with Crippen LogP contribution >= 0.6 is 0 Å². The molecule has 1 aliphatic heterocycles. The Morgan fingerprint density at radius 2 is 2.29 bits per heavy atom. The summed E-state index contributed by atoms with van der Waals surface area (Å²) in [4.78, 5) is 8.25. The summed E-state index contributed by atoms with van der Waals surface area (Å²) in [5.74, 6) is 0.785. The van der Waals surface area contributed by atoms with E-state index >= 15 is 0 Å². The Morgan fingerprint density at radius 3 is 3.00 bits per heavy atom. The van der Waals surface area contributed by atoms with Crippen LogP contribution in [0.5, 0.6) is 0 Å². The number of aromatic nitrogens is 2. The smallest absolute Gasteiger partial charge is 0.160 e. The minimum Gasteiger partial charge on any atom is -0.313 e. The zero-order valence-corrected chi connectivity index (χ0v) is 8.63. The van der Waals surface area contributed by atoms with Crippen molar-refractivity contribution in [3.63, 3.8) is 0 Å². The van der Waals surface area contributed by atoms with E-state index in [9.17, 15) is 8.42 Å². The minimum atomic E-state index is -2.96. The van der Waals surface area contributed by atoms with E-state index in [1.54, 1.807) is 13.2 Å². The van der Waals surface area contributed by atoms with Gasteiger partial charge < -0.3 is 5.32 Å². The Balaban J connectivity index is 2.35. The van der Waals surface area contributed by atoms with Gasteiger partial charge in [0.2, 0.25) is 0 Å². The van der Waals surface area contributed by atoms with Crippen LogP contribution in [-0.4, -0.2) is 25.4 Å². The zero-order chi connectivity index (χ0) is 10.2. The molecule has 5 nitrogen and oxygen atoms in total. The molecule has 0 aliphatic carbocycles. The summed E-state index contributed by atoms with van der Waals surface area (Å²) in [6.45, 7) is 0.563. The second kappa shape index (κ2) is 3.29. The van der Waals surface area contributed by atoms with Crippen molar-refractivity contribution >= 4 is 9.84 Å². The third kappa shape index (κ3) is 1.76. The van der Waals surface area contributed by atoms with Crippen molar-refractivity contribution in [2.24, 2.45) is 0 Å². The Kier molecular flexibility index (Phi) is 2.24. The van der Waals surface area contributed by atoms with Crippen molar-refractivity contribution in [2.75, 3.05) is 7.05 Å². The molecule has 0 saturated heterocycles. The van der Waals surface area contributed by atoms with Gasteiger partial charge in [-0.2, -0.15) is 0 Å². The molecule has 14 heavy (non-hydrogen) atoms. The maximum atomic E-state index is 11.3. The summed E-state index contributed by atoms with van der Waals surface area (Å²) in [5.41, 5.74) is 1.40. The molecule has 0 aromatic carbocycles. The summed E-state index contributed by atoms with van der Waals surface area (Å²) in [6.07, 6.45) is 1.61. The largest absolute Gasteiger partial charge is 0.313 e. The number of hydrogen-bond donors (Lipinski definition) is 1. The average Bonchev–Trinajstić information content (AvgIpc) is 2.38. The molecule has 0 saturated carbocycles. The molecule has 6 heteroatoms. The molecule has 1 aromatic rings. The number of rotatable bonds is 2. The zero-order valence-electron chi connectivity index (χ0n) is 7.82. The van der Waals surface area contributed by atoms with Crippen molar-refractivity contribution < 1.29 is 8.42 Å². The fraction of sp³-hybridized carbons (Fsp3) is 0.500. The van der Waals surface area contributed by atoms with Crippen molar-refractivity contribution in [2.45, 2.75) is 18.1 Å². The van der Waals surface area contributed by atoms with Crippen LogP contribution in [0.4, 0.5) is 0 Å². The maximum absolute atomic E-state index is 11.3. The molecular formula is C8H11N3O2S. The lowest BCUT2D eigenvalue weighted by molar-refractivity contribution is 0.597. The Labute approximate surface area is 82.5 Å². The van der Waals surface area contributed by atoms with Crippen molar-refractivity contribution in [3.05, 3.63) is 23.3 Å². The standard InChI is InChI=1S/C8H11N3O2S/c1-9-3-8-10-2-6-4-14(12,13)5-7(6)11-8/h2,9H,3-5H2,1H3. The van der Waals surface area contributed by atoms with Gasteiger partial charge in [-0.25, -0.2) is 18.4 Å². The molecule has 0 spiro atoms. The highest BCUT2D eigenvalue weighted by Crippen LogP contribution is 2.22. The van der Waals surface area contributed by atoms with Gasteiger partial charge in [0.1, 0.15) is 5.82 Å². The van der Waals surface area contributed by atoms with Gasteiger partial charge in [-0.15, -0.1) is 0 Å². The molecule has 0 unspecified atom stereocenters. The molecule has 2 rings (SSSR count). The second-order valence-corrected chi connectivity index (χ2v) is 5.39. The maximum Gasteiger partial charge on any atom is 0.160 e. The summed E-state index contributed by atoms with van der Waals surface area (Å²) in [6, 6.07) is 0. The predicted molar refractivity (Wildman–Crippen MR) is 51.1 cm³/mol. The highest BCUT2D eigenvalue weighted by atomic mass is 32.2. The number of nitrogens with one attached hydrogen (secondary N) is 1. The topological polar surface area (TPSA) is 72.0 Å². The highest BCUT2D eigenvalue weighted by Gasteiger charge is 2.26. The van der Waals surface area contributed by atoms with E-state index in [1.165, 1.54) is 0 Å². The lowest BCUT2D eigenvalue weighted by atomic mass is 10.3. The molecule has 2 heterocycles. The summed E-state index contributed by atoms with van der Waals surface area (Å²) in [5, 5.41) is 2.92. The van der Waals surface area contributed by atoms with E-state index in [2.05, 4.69) is 15.3 Å². The predicted octanol–water partition coefficient (Wildman–Crippen LogP) is -0.376. The molecule has 0 fully saturated rings. The first-order valence-corrected chi connectivity index (χ1v) is 6.11. The molecule has 0 atom stereocenters. The van der Waals surface area contributed by atoms with E-state index in [0.717, 1.165) is 5.56 Å². The summed E-state index contributed by atoms with van der Waals surface area (Å²) >= 11 is 0. The molecule has 0 amide bonds. The van der Waals surface area contributed by atoms with E-state index in [0.29, 0.717) is 18.1 Å². The monoisotopic (exact) mass is 213 g/mol. The first kappa shape index (κ1) is 9.54. The van der Waals surface area contributed by atoms with Crippen LogP contribution in [0.3, 0.4) is 0 Å². The number of hydrogen-bond acceptors (Lipinski definition) is 5. The van der Waals surface area contributed by atoms with E-state index in [1.807, 2.05) is 0 Å². The van der Waals surface area contributed by atoms with Crippen molar-refractivity contribution in [3.8, 4) is 0 Å². The highest BCUT2D eigenvalue weighted by molar-refractivity contribution is 7.90. The first-order valence-electron chi connectivity index (χ1n) is 4.29. The normalized spacial score (nSPS) is 18.1. The van der Waals surface area contributed by atoms with Crippen LogP contribution in [0, 0.1) is 0 Å². The quantitative estimate of drug-likeness (QED) is 0.725. The summed E-state index contributed by atoms with van der Waals surface area (Å²) in [7, 11) is -1.16. The van der Waals surface area contributed by atoms with E-state index < -0.39 is 9.84 Å². The lowest BCUT2D eigenvalue weighted by Crippen LogP contribution is -2.10. The Bertz CT molecular complexity index is 456. The minimum absolute atomic E-state index is 0.0571. The van der Waals surface area contributed by atoms with Gasteiger partial charge in [-0.1, -0.05) is 0 Å². The van der Waals surface area contributed by atoms with Crippen LogP contribution in [0.15, 0.2) is 6.20 Å². The molecular weight excluding hydrogens is 202 g/mol. The number of nitrogens with zero attached hydrogens (tertiary/aromatic N) is 2. The fourth-order valence-electron chi connectivity index (χ4n) is 1.47. The van der Waals surface area contributed by atoms with Crippen molar-refractivity contribution in [1.82, 2.24) is 15.3 Å². The molecule has 1 aliphatic rings. The SMILES string of the molecule is CNCc1ncc2c(n1)CS(=O)(=O)C2.